The number of methoxy groups -OCH3 is 1. The minimum atomic E-state index is -0.343. The van der Waals surface area contributed by atoms with E-state index < -0.39 is 0 Å². The number of carbonyl (C=O) groups is 1. The van der Waals surface area contributed by atoms with Gasteiger partial charge >= 0.3 is 5.97 Å². The number of esters is 1. The fraction of sp³-hybridized carbons (Fsp3) is 0.111. The number of thiophene rings is 1. The molecule has 3 nitrogen and oxygen atoms in total. The molecule has 0 radical (unpaired) electrons. The maximum absolute atomic E-state index is 11.2. The van der Waals surface area contributed by atoms with Gasteiger partial charge in [-0.1, -0.05) is 11.6 Å². The predicted octanol–water partition coefficient (Wildman–Crippen LogP) is 2.74. The van der Waals surface area contributed by atoms with E-state index in [9.17, 15) is 4.79 Å². The van der Waals surface area contributed by atoms with Crippen molar-refractivity contribution in [1.29, 1.82) is 0 Å². The molecule has 72 valence electrons. The Morgan fingerprint density at radius 3 is 3.07 bits per heavy atom. The molecule has 14 heavy (non-hydrogen) atoms. The van der Waals surface area contributed by atoms with Crippen molar-refractivity contribution in [1.82, 2.24) is 4.98 Å². The first-order chi connectivity index (χ1) is 6.70. The minimum absolute atomic E-state index is 0.343. The minimum Gasteiger partial charge on any atom is -0.465 e. The van der Waals surface area contributed by atoms with Gasteiger partial charge in [0.25, 0.3) is 0 Å². The molecule has 2 rings (SSSR count). The van der Waals surface area contributed by atoms with Gasteiger partial charge in [0.1, 0.15) is 14.9 Å². The molecule has 0 amide bonds. The van der Waals surface area contributed by atoms with E-state index in [0.717, 1.165) is 10.2 Å². The molecule has 0 aliphatic rings. The number of ether oxygens (including phenoxy) is 1. The van der Waals surface area contributed by atoms with Gasteiger partial charge in [0, 0.05) is 5.39 Å². The molecule has 0 fully saturated rings. The summed E-state index contributed by atoms with van der Waals surface area (Å²) in [6.45, 7) is 0. The van der Waals surface area contributed by atoms with Gasteiger partial charge in [-0.3, -0.25) is 0 Å². The molecule has 0 N–H and O–H groups in total. The van der Waals surface area contributed by atoms with Gasteiger partial charge in [0.05, 0.1) is 7.11 Å². The lowest BCUT2D eigenvalue weighted by Crippen LogP contribution is -1.96. The third-order valence-corrected chi connectivity index (χ3v) is 2.97. The summed E-state index contributed by atoms with van der Waals surface area (Å²) in [5, 5.41) is 1.33. The Morgan fingerprint density at radius 2 is 2.36 bits per heavy atom. The van der Waals surface area contributed by atoms with E-state index >= 15 is 0 Å². The molecule has 0 bridgehead atoms. The fourth-order valence-electron chi connectivity index (χ4n) is 1.10. The highest BCUT2D eigenvalue weighted by atomic mass is 35.5. The lowest BCUT2D eigenvalue weighted by atomic mass is 10.3. The van der Waals surface area contributed by atoms with Crippen LogP contribution in [0.2, 0.25) is 5.15 Å². The third kappa shape index (κ3) is 1.58. The molecule has 0 unspecified atom stereocenters. The molecule has 2 aromatic heterocycles. The van der Waals surface area contributed by atoms with Crippen molar-refractivity contribution in [3.05, 3.63) is 28.2 Å². The molecule has 2 heterocycles. The van der Waals surface area contributed by atoms with Crippen LogP contribution in [0.5, 0.6) is 0 Å². The zero-order valence-electron chi connectivity index (χ0n) is 7.28. The lowest BCUT2D eigenvalue weighted by molar-refractivity contribution is 0.0606. The normalized spacial score (nSPS) is 10.4. The van der Waals surface area contributed by atoms with Crippen LogP contribution in [0.1, 0.15) is 9.67 Å². The third-order valence-electron chi connectivity index (χ3n) is 1.74. The summed E-state index contributed by atoms with van der Waals surface area (Å²) in [6.07, 6.45) is 0. The van der Waals surface area contributed by atoms with Crippen molar-refractivity contribution in [2.24, 2.45) is 0 Å². The molecule has 0 aliphatic heterocycles. The molecule has 0 atom stereocenters. The topological polar surface area (TPSA) is 39.2 Å². The molecule has 0 aromatic carbocycles. The second-order valence-corrected chi connectivity index (χ2v) is 4.05. The summed E-state index contributed by atoms with van der Waals surface area (Å²) in [5.41, 5.74) is 0. The highest BCUT2D eigenvalue weighted by molar-refractivity contribution is 7.20. The van der Waals surface area contributed by atoms with Gasteiger partial charge in [0.2, 0.25) is 0 Å². The predicted molar refractivity (Wildman–Crippen MR) is 56.0 cm³/mol. The lowest BCUT2D eigenvalue weighted by Gasteiger charge is -1.90. The molecule has 0 aliphatic carbocycles. The van der Waals surface area contributed by atoms with Gasteiger partial charge in [-0.2, -0.15) is 0 Å². The SMILES string of the molecule is COC(=O)c1cc2ccc(Cl)nc2s1. The molecule has 5 heteroatoms. The van der Waals surface area contributed by atoms with E-state index in [4.69, 9.17) is 11.6 Å². The number of hydrogen-bond donors (Lipinski definition) is 0. The molecular formula is C9H6ClNO2S. The Morgan fingerprint density at radius 1 is 1.57 bits per heavy atom. The van der Waals surface area contributed by atoms with Crippen molar-refractivity contribution in [2.75, 3.05) is 7.11 Å². The number of rotatable bonds is 1. The Labute approximate surface area is 89.3 Å². The first-order valence-electron chi connectivity index (χ1n) is 3.85. The largest absolute Gasteiger partial charge is 0.465 e. The number of hydrogen-bond acceptors (Lipinski definition) is 4. The number of pyridine rings is 1. The van der Waals surface area contributed by atoms with Gasteiger partial charge in [0.15, 0.2) is 0 Å². The van der Waals surface area contributed by atoms with E-state index in [-0.39, 0.29) is 5.97 Å². The van der Waals surface area contributed by atoms with E-state index in [1.54, 1.807) is 12.1 Å². The van der Waals surface area contributed by atoms with Crippen LogP contribution in [-0.2, 0) is 4.74 Å². The van der Waals surface area contributed by atoms with Crippen molar-refractivity contribution in [2.45, 2.75) is 0 Å². The average Bonchev–Trinajstić information content (AvgIpc) is 2.59. The van der Waals surface area contributed by atoms with Gasteiger partial charge in [-0.15, -0.1) is 11.3 Å². The highest BCUT2D eigenvalue weighted by Gasteiger charge is 2.10. The second kappa shape index (κ2) is 3.55. The van der Waals surface area contributed by atoms with Crippen LogP contribution in [0.15, 0.2) is 18.2 Å². The number of carbonyl (C=O) groups excluding carboxylic acids is 1. The Bertz CT molecular complexity index is 495. The van der Waals surface area contributed by atoms with Crippen LogP contribution >= 0.6 is 22.9 Å². The van der Waals surface area contributed by atoms with Gasteiger partial charge < -0.3 is 4.74 Å². The zero-order valence-corrected chi connectivity index (χ0v) is 8.85. The molecule has 0 saturated carbocycles. The van der Waals surface area contributed by atoms with Crippen LogP contribution in [-0.4, -0.2) is 18.1 Å². The number of fused-ring (bicyclic) bond motifs is 1. The zero-order chi connectivity index (χ0) is 10.1. The van der Waals surface area contributed by atoms with E-state index in [1.165, 1.54) is 18.4 Å². The van der Waals surface area contributed by atoms with E-state index in [0.29, 0.717) is 10.0 Å². The second-order valence-electron chi connectivity index (χ2n) is 2.63. The van der Waals surface area contributed by atoms with Crippen LogP contribution in [0, 0.1) is 0 Å². The van der Waals surface area contributed by atoms with Crippen LogP contribution in [0.4, 0.5) is 0 Å². The quantitative estimate of drug-likeness (QED) is 0.556. The maximum Gasteiger partial charge on any atom is 0.348 e. The first kappa shape index (κ1) is 9.43. The average molecular weight is 228 g/mol. The summed E-state index contributed by atoms with van der Waals surface area (Å²) in [7, 11) is 1.35. The summed E-state index contributed by atoms with van der Waals surface area (Å²) in [4.78, 5) is 16.6. The number of halogens is 1. The van der Waals surface area contributed by atoms with Crippen molar-refractivity contribution < 1.29 is 9.53 Å². The smallest absolute Gasteiger partial charge is 0.348 e. The fourth-order valence-corrected chi connectivity index (χ4v) is 2.24. The molecule has 0 saturated heterocycles. The standard InChI is InChI=1S/C9H6ClNO2S/c1-13-9(12)6-4-5-2-3-7(10)11-8(5)14-6/h2-4H,1H3. The van der Waals surface area contributed by atoms with Crippen LogP contribution in [0.25, 0.3) is 10.2 Å². The molecule has 0 spiro atoms. The Hall–Kier alpha value is -1.13. The summed E-state index contributed by atoms with van der Waals surface area (Å²) < 4.78 is 4.61. The summed E-state index contributed by atoms with van der Waals surface area (Å²) in [5.74, 6) is -0.343. The summed E-state index contributed by atoms with van der Waals surface area (Å²) in [6, 6.07) is 5.26. The van der Waals surface area contributed by atoms with Gasteiger partial charge in [-0.05, 0) is 18.2 Å². The van der Waals surface area contributed by atoms with Crippen molar-refractivity contribution in [3.8, 4) is 0 Å². The Kier molecular flexibility index (Phi) is 2.39. The van der Waals surface area contributed by atoms with E-state index in [1.807, 2.05) is 6.07 Å². The number of nitrogens with zero attached hydrogens (tertiary/aromatic N) is 1. The van der Waals surface area contributed by atoms with Crippen molar-refractivity contribution >= 4 is 39.1 Å². The van der Waals surface area contributed by atoms with Gasteiger partial charge in [-0.25, -0.2) is 9.78 Å². The molecule has 2 aromatic rings. The van der Waals surface area contributed by atoms with E-state index in [2.05, 4.69) is 9.72 Å². The summed E-state index contributed by atoms with van der Waals surface area (Å²) >= 11 is 6.99. The van der Waals surface area contributed by atoms with Crippen LogP contribution in [0.3, 0.4) is 0 Å². The molecular weight excluding hydrogens is 222 g/mol. The monoisotopic (exact) mass is 227 g/mol. The van der Waals surface area contributed by atoms with Crippen LogP contribution < -0.4 is 0 Å². The van der Waals surface area contributed by atoms with Crippen molar-refractivity contribution in [3.63, 3.8) is 0 Å². The first-order valence-corrected chi connectivity index (χ1v) is 5.04. The number of aromatic nitrogens is 1. The maximum atomic E-state index is 11.2. The highest BCUT2D eigenvalue weighted by Crippen LogP contribution is 2.25. The Balaban J connectivity index is 2.56.